The number of rotatable bonds is 7. The number of carbonyl (C=O) groups is 1. The normalized spacial score (nSPS) is 13.1. The summed E-state index contributed by atoms with van der Waals surface area (Å²) in [7, 11) is 3.58. The van der Waals surface area contributed by atoms with Crippen molar-refractivity contribution in [2.45, 2.75) is 39.4 Å². The van der Waals surface area contributed by atoms with E-state index in [4.69, 9.17) is 0 Å². The van der Waals surface area contributed by atoms with Gasteiger partial charge in [-0.15, -0.1) is 0 Å². The number of nitrogens with zero attached hydrogens (tertiary/aromatic N) is 3. The summed E-state index contributed by atoms with van der Waals surface area (Å²) in [6.45, 7) is 6.76. The van der Waals surface area contributed by atoms with Crippen molar-refractivity contribution in [1.29, 1.82) is 0 Å². The number of aromatic nitrogens is 2. The summed E-state index contributed by atoms with van der Waals surface area (Å²) in [5, 5.41) is 13.5. The quantitative estimate of drug-likeness (QED) is 0.353. The van der Waals surface area contributed by atoms with Crippen LogP contribution in [0, 0.1) is 13.8 Å². The van der Waals surface area contributed by atoms with Crippen molar-refractivity contribution in [2.75, 3.05) is 20.1 Å². The van der Waals surface area contributed by atoms with Crippen LogP contribution in [-0.2, 0) is 19.6 Å². The van der Waals surface area contributed by atoms with Gasteiger partial charge >= 0.3 is 6.18 Å². The van der Waals surface area contributed by atoms with E-state index in [1.807, 2.05) is 32.5 Å². The van der Waals surface area contributed by atoms with Crippen LogP contribution in [0.1, 0.15) is 39.8 Å². The second kappa shape index (κ2) is 10.3. The van der Waals surface area contributed by atoms with Gasteiger partial charge in [0.15, 0.2) is 5.96 Å². The highest BCUT2D eigenvalue weighted by Gasteiger charge is 2.30. The summed E-state index contributed by atoms with van der Waals surface area (Å²) in [5.41, 5.74) is 2.71. The van der Waals surface area contributed by atoms with Crippen LogP contribution in [0.15, 0.2) is 29.3 Å². The number of aliphatic imine (C=N–C) groups is 1. The molecular formula is C21H29F3N6O. The third-order valence-electron chi connectivity index (χ3n) is 4.95. The fraction of sp³-hybridized carbons (Fsp3) is 0.476. The Kier molecular flexibility index (Phi) is 8.07. The SMILES string of the molecule is CN=C(NCCNC(=O)c1ccc(C(F)(F)F)cc1)NC(C)Cc1c(C)nn(C)c1C. The molecule has 0 aliphatic heterocycles. The molecule has 0 spiro atoms. The summed E-state index contributed by atoms with van der Waals surface area (Å²) in [5.74, 6) is 0.157. The maximum atomic E-state index is 12.6. The number of alkyl halides is 3. The molecule has 10 heteroatoms. The largest absolute Gasteiger partial charge is 0.416 e. The van der Waals surface area contributed by atoms with Gasteiger partial charge in [0.2, 0.25) is 0 Å². The van der Waals surface area contributed by atoms with Crippen LogP contribution in [0.3, 0.4) is 0 Å². The van der Waals surface area contributed by atoms with Gasteiger partial charge in [-0.05, 0) is 57.0 Å². The summed E-state index contributed by atoms with van der Waals surface area (Å²) < 4.78 is 39.7. The molecule has 0 saturated carbocycles. The highest BCUT2D eigenvalue weighted by Crippen LogP contribution is 2.29. The number of aryl methyl sites for hydroxylation is 2. The summed E-state index contributed by atoms with van der Waals surface area (Å²) >= 11 is 0. The van der Waals surface area contributed by atoms with Crippen LogP contribution in [0.4, 0.5) is 13.2 Å². The van der Waals surface area contributed by atoms with E-state index < -0.39 is 17.6 Å². The number of carbonyl (C=O) groups excluding carboxylic acids is 1. The first kappa shape index (κ1) is 24.2. The molecule has 0 radical (unpaired) electrons. The molecule has 0 bridgehead atoms. The topological polar surface area (TPSA) is 83.3 Å². The summed E-state index contributed by atoms with van der Waals surface area (Å²) in [6, 6.07) is 4.22. The first-order chi connectivity index (χ1) is 14.5. The molecule has 170 valence electrons. The molecule has 0 fully saturated rings. The van der Waals surface area contributed by atoms with Gasteiger partial charge in [-0.25, -0.2) is 0 Å². The number of amides is 1. The lowest BCUT2D eigenvalue weighted by atomic mass is 10.1. The molecule has 0 saturated heterocycles. The third kappa shape index (κ3) is 6.73. The van der Waals surface area contributed by atoms with Crippen LogP contribution < -0.4 is 16.0 Å². The van der Waals surface area contributed by atoms with E-state index in [0.29, 0.717) is 12.5 Å². The van der Waals surface area contributed by atoms with Crippen molar-refractivity contribution in [2.24, 2.45) is 12.0 Å². The number of hydrogen-bond donors (Lipinski definition) is 3. The van der Waals surface area contributed by atoms with Gasteiger partial charge < -0.3 is 16.0 Å². The Labute approximate surface area is 180 Å². The summed E-state index contributed by atoms with van der Waals surface area (Å²) in [6.07, 6.45) is -3.63. The lowest BCUT2D eigenvalue weighted by Crippen LogP contribution is -2.45. The van der Waals surface area contributed by atoms with Gasteiger partial charge in [0.25, 0.3) is 5.91 Å². The zero-order valence-electron chi connectivity index (χ0n) is 18.4. The van der Waals surface area contributed by atoms with Gasteiger partial charge in [0, 0.05) is 44.5 Å². The molecule has 7 nitrogen and oxygen atoms in total. The standard InChI is InChI=1S/C21H29F3N6O/c1-13(12-18-14(2)29-30(5)15(18)3)28-20(25-4)27-11-10-26-19(31)16-6-8-17(9-7-16)21(22,23)24/h6-9,13H,10-12H2,1-5H3,(H,26,31)(H2,25,27,28). The van der Waals surface area contributed by atoms with Crippen LogP contribution in [-0.4, -0.2) is 47.8 Å². The van der Waals surface area contributed by atoms with Crippen LogP contribution in [0.2, 0.25) is 0 Å². The van der Waals surface area contributed by atoms with Crippen molar-refractivity contribution in [3.05, 3.63) is 52.3 Å². The zero-order valence-corrected chi connectivity index (χ0v) is 18.4. The minimum atomic E-state index is -4.42. The van der Waals surface area contributed by atoms with Crippen molar-refractivity contribution in [3.8, 4) is 0 Å². The molecule has 0 aliphatic rings. The first-order valence-corrected chi connectivity index (χ1v) is 9.94. The van der Waals surface area contributed by atoms with Gasteiger partial charge in [0.05, 0.1) is 11.3 Å². The Balaban J connectivity index is 1.78. The second-order valence-corrected chi connectivity index (χ2v) is 7.35. The third-order valence-corrected chi connectivity index (χ3v) is 4.95. The lowest BCUT2D eigenvalue weighted by Gasteiger charge is -2.18. The van der Waals surface area contributed by atoms with E-state index in [-0.39, 0.29) is 18.2 Å². The second-order valence-electron chi connectivity index (χ2n) is 7.35. The maximum absolute atomic E-state index is 12.6. The molecule has 2 aromatic rings. The molecule has 1 atom stereocenters. The van der Waals surface area contributed by atoms with Gasteiger partial charge in [-0.3, -0.25) is 14.5 Å². The molecule has 1 unspecified atom stereocenters. The van der Waals surface area contributed by atoms with Crippen molar-refractivity contribution in [1.82, 2.24) is 25.7 Å². The molecule has 1 heterocycles. The Hall–Kier alpha value is -3.04. The Bertz CT molecular complexity index is 918. The zero-order chi connectivity index (χ0) is 23.2. The fourth-order valence-corrected chi connectivity index (χ4v) is 3.17. The Morgan fingerprint density at radius 1 is 1.16 bits per heavy atom. The predicted molar refractivity (Wildman–Crippen MR) is 114 cm³/mol. The number of hydrogen-bond acceptors (Lipinski definition) is 3. The van der Waals surface area contributed by atoms with E-state index in [9.17, 15) is 18.0 Å². The molecule has 2 rings (SSSR count). The molecule has 1 aromatic carbocycles. The first-order valence-electron chi connectivity index (χ1n) is 9.94. The number of nitrogens with one attached hydrogen (secondary N) is 3. The Morgan fingerprint density at radius 2 is 1.77 bits per heavy atom. The van der Waals surface area contributed by atoms with Gasteiger partial charge in [-0.2, -0.15) is 18.3 Å². The number of halogens is 3. The lowest BCUT2D eigenvalue weighted by molar-refractivity contribution is -0.137. The fourth-order valence-electron chi connectivity index (χ4n) is 3.17. The van der Waals surface area contributed by atoms with Crippen LogP contribution >= 0.6 is 0 Å². The van der Waals surface area contributed by atoms with E-state index in [2.05, 4.69) is 26.0 Å². The maximum Gasteiger partial charge on any atom is 0.416 e. The molecule has 0 aliphatic carbocycles. The number of guanidine groups is 1. The number of benzene rings is 1. The smallest absolute Gasteiger partial charge is 0.355 e. The van der Waals surface area contributed by atoms with Gasteiger partial charge in [0.1, 0.15) is 0 Å². The van der Waals surface area contributed by atoms with Crippen LogP contribution in [0.25, 0.3) is 0 Å². The molecule has 1 amide bonds. The van der Waals surface area contributed by atoms with E-state index in [1.165, 1.54) is 5.56 Å². The minimum Gasteiger partial charge on any atom is -0.355 e. The van der Waals surface area contributed by atoms with Crippen molar-refractivity contribution >= 4 is 11.9 Å². The average molecular weight is 438 g/mol. The highest BCUT2D eigenvalue weighted by atomic mass is 19.4. The highest BCUT2D eigenvalue weighted by molar-refractivity contribution is 5.94. The van der Waals surface area contributed by atoms with Gasteiger partial charge in [-0.1, -0.05) is 0 Å². The van der Waals surface area contributed by atoms with Crippen molar-refractivity contribution in [3.63, 3.8) is 0 Å². The minimum absolute atomic E-state index is 0.106. The summed E-state index contributed by atoms with van der Waals surface area (Å²) in [4.78, 5) is 16.3. The monoisotopic (exact) mass is 438 g/mol. The van der Waals surface area contributed by atoms with E-state index in [0.717, 1.165) is 42.1 Å². The Morgan fingerprint density at radius 3 is 2.29 bits per heavy atom. The molecule has 1 aromatic heterocycles. The predicted octanol–water partition coefficient (Wildman–Crippen LogP) is 2.58. The molecular weight excluding hydrogens is 409 g/mol. The van der Waals surface area contributed by atoms with Crippen LogP contribution in [0.5, 0.6) is 0 Å². The molecule has 31 heavy (non-hydrogen) atoms. The molecule has 3 N–H and O–H groups in total. The van der Waals surface area contributed by atoms with E-state index in [1.54, 1.807) is 7.05 Å². The van der Waals surface area contributed by atoms with E-state index >= 15 is 0 Å². The average Bonchev–Trinajstić information content (AvgIpc) is 2.95. The van der Waals surface area contributed by atoms with Crippen molar-refractivity contribution < 1.29 is 18.0 Å².